The standard InChI is InChI=1S/C17H16N6O5/c1-10(2)15(17-20-16(21-28-17)11-4-3-7-18-9-11)19-13-6-5-12(22(24)25)8-14(13)23(26)27/h3-10,15,19H,1-2H3. The van der Waals surface area contributed by atoms with Crippen LogP contribution in [0.2, 0.25) is 0 Å². The molecule has 11 nitrogen and oxygen atoms in total. The molecule has 2 aromatic heterocycles. The van der Waals surface area contributed by atoms with E-state index in [9.17, 15) is 20.2 Å². The van der Waals surface area contributed by atoms with Gasteiger partial charge in [0.2, 0.25) is 11.7 Å². The van der Waals surface area contributed by atoms with Gasteiger partial charge in [0.25, 0.3) is 11.4 Å². The zero-order valence-corrected chi connectivity index (χ0v) is 15.0. The number of non-ortho nitro benzene ring substituents is 1. The van der Waals surface area contributed by atoms with Crippen LogP contribution in [0, 0.1) is 26.1 Å². The van der Waals surface area contributed by atoms with Gasteiger partial charge >= 0.3 is 0 Å². The summed E-state index contributed by atoms with van der Waals surface area (Å²) in [7, 11) is 0. The summed E-state index contributed by atoms with van der Waals surface area (Å²) in [6.07, 6.45) is 3.21. The lowest BCUT2D eigenvalue weighted by molar-refractivity contribution is -0.393. The van der Waals surface area contributed by atoms with Gasteiger partial charge in [-0.1, -0.05) is 19.0 Å². The largest absolute Gasteiger partial charge is 0.368 e. The molecular weight excluding hydrogens is 368 g/mol. The van der Waals surface area contributed by atoms with Crippen LogP contribution in [-0.4, -0.2) is 25.0 Å². The van der Waals surface area contributed by atoms with Crippen LogP contribution in [0.25, 0.3) is 11.4 Å². The van der Waals surface area contributed by atoms with Gasteiger partial charge in [0.15, 0.2) is 0 Å². The van der Waals surface area contributed by atoms with Crippen molar-refractivity contribution in [1.29, 1.82) is 0 Å². The maximum absolute atomic E-state index is 11.4. The molecule has 2 heterocycles. The number of anilines is 1. The van der Waals surface area contributed by atoms with Crippen LogP contribution in [0.3, 0.4) is 0 Å². The molecule has 0 aliphatic carbocycles. The van der Waals surface area contributed by atoms with Gasteiger partial charge in [-0.3, -0.25) is 25.2 Å². The number of pyridine rings is 1. The molecule has 0 aliphatic heterocycles. The molecule has 0 saturated heterocycles. The molecule has 1 aromatic carbocycles. The van der Waals surface area contributed by atoms with Crippen LogP contribution in [0.5, 0.6) is 0 Å². The van der Waals surface area contributed by atoms with E-state index in [1.807, 2.05) is 13.8 Å². The SMILES string of the molecule is CC(C)C(Nc1ccc([N+](=O)[O-])cc1[N+](=O)[O-])c1nc(-c2cccnc2)no1. The molecule has 1 atom stereocenters. The number of nitrogens with zero attached hydrogens (tertiary/aromatic N) is 5. The fraction of sp³-hybridized carbons (Fsp3) is 0.235. The number of hydrogen-bond acceptors (Lipinski definition) is 9. The molecule has 3 rings (SSSR count). The molecule has 28 heavy (non-hydrogen) atoms. The van der Waals surface area contributed by atoms with Crippen molar-refractivity contribution in [2.75, 3.05) is 5.32 Å². The third kappa shape index (κ3) is 3.92. The highest BCUT2D eigenvalue weighted by Gasteiger charge is 2.27. The second kappa shape index (κ2) is 7.78. The molecule has 11 heteroatoms. The first-order valence-corrected chi connectivity index (χ1v) is 8.30. The first kappa shape index (κ1) is 18.9. The van der Waals surface area contributed by atoms with Crippen LogP contribution in [-0.2, 0) is 0 Å². The zero-order chi connectivity index (χ0) is 20.3. The zero-order valence-electron chi connectivity index (χ0n) is 15.0. The van der Waals surface area contributed by atoms with E-state index < -0.39 is 21.6 Å². The Balaban J connectivity index is 1.94. The fourth-order valence-electron chi connectivity index (χ4n) is 2.56. The van der Waals surface area contributed by atoms with E-state index in [0.717, 1.165) is 6.07 Å². The minimum atomic E-state index is -0.686. The number of nitro benzene ring substituents is 2. The van der Waals surface area contributed by atoms with Crippen molar-refractivity contribution in [3.05, 3.63) is 68.8 Å². The van der Waals surface area contributed by atoms with Gasteiger partial charge in [0, 0.05) is 24.0 Å². The Kier molecular flexibility index (Phi) is 5.25. The van der Waals surface area contributed by atoms with Crippen LogP contribution >= 0.6 is 0 Å². The molecule has 1 N–H and O–H groups in total. The summed E-state index contributed by atoms with van der Waals surface area (Å²) in [5, 5.41) is 29.2. The van der Waals surface area contributed by atoms with Gasteiger partial charge in [-0.2, -0.15) is 4.98 Å². The Morgan fingerprint density at radius 1 is 1.14 bits per heavy atom. The average Bonchev–Trinajstić information content (AvgIpc) is 3.16. The average molecular weight is 384 g/mol. The Morgan fingerprint density at radius 2 is 1.93 bits per heavy atom. The molecule has 0 saturated carbocycles. The van der Waals surface area contributed by atoms with E-state index in [0.29, 0.717) is 11.4 Å². The summed E-state index contributed by atoms with van der Waals surface area (Å²) in [5.74, 6) is 0.507. The van der Waals surface area contributed by atoms with Crippen molar-refractivity contribution in [2.24, 2.45) is 5.92 Å². The summed E-state index contributed by atoms with van der Waals surface area (Å²) < 4.78 is 5.35. The quantitative estimate of drug-likeness (QED) is 0.474. The number of nitrogens with one attached hydrogen (secondary N) is 1. The summed E-state index contributed by atoms with van der Waals surface area (Å²) >= 11 is 0. The second-order valence-electron chi connectivity index (χ2n) is 6.28. The van der Waals surface area contributed by atoms with Crippen molar-refractivity contribution in [3.8, 4) is 11.4 Å². The smallest absolute Gasteiger partial charge is 0.299 e. The molecule has 3 aromatic rings. The normalized spacial score (nSPS) is 12.0. The molecule has 0 radical (unpaired) electrons. The van der Waals surface area contributed by atoms with Crippen LogP contribution in [0.15, 0.2) is 47.2 Å². The predicted octanol–water partition coefficient (Wildman–Crippen LogP) is 3.76. The van der Waals surface area contributed by atoms with Gasteiger partial charge in [-0.05, 0) is 24.1 Å². The lowest BCUT2D eigenvalue weighted by Gasteiger charge is -2.19. The maximum Gasteiger partial charge on any atom is 0.299 e. The third-order valence-corrected chi connectivity index (χ3v) is 3.99. The lowest BCUT2D eigenvalue weighted by atomic mass is 10.0. The van der Waals surface area contributed by atoms with Gasteiger partial charge in [0.1, 0.15) is 11.7 Å². The number of rotatable bonds is 7. The van der Waals surface area contributed by atoms with E-state index in [1.165, 1.54) is 12.1 Å². The van der Waals surface area contributed by atoms with Crippen LogP contribution in [0.4, 0.5) is 17.1 Å². The molecule has 1 unspecified atom stereocenters. The van der Waals surface area contributed by atoms with Gasteiger partial charge in [-0.25, -0.2) is 0 Å². The molecule has 0 spiro atoms. The number of benzene rings is 1. The Morgan fingerprint density at radius 3 is 2.54 bits per heavy atom. The summed E-state index contributed by atoms with van der Waals surface area (Å²) in [6.45, 7) is 3.76. The van der Waals surface area contributed by atoms with Crippen molar-refractivity contribution in [2.45, 2.75) is 19.9 Å². The monoisotopic (exact) mass is 384 g/mol. The van der Waals surface area contributed by atoms with Crippen molar-refractivity contribution >= 4 is 17.1 Å². The highest BCUT2D eigenvalue weighted by Crippen LogP contribution is 2.34. The molecular formula is C17H16N6O5. The van der Waals surface area contributed by atoms with E-state index in [1.54, 1.807) is 24.5 Å². The molecule has 0 amide bonds. The lowest BCUT2D eigenvalue weighted by Crippen LogP contribution is -2.18. The molecule has 0 aliphatic rings. The van der Waals surface area contributed by atoms with Crippen LogP contribution < -0.4 is 5.32 Å². The summed E-state index contributed by atoms with van der Waals surface area (Å²) in [5.41, 5.74) is 0.0126. The Hall–Kier alpha value is -3.89. The first-order chi connectivity index (χ1) is 13.4. The fourth-order valence-corrected chi connectivity index (χ4v) is 2.56. The summed E-state index contributed by atoms with van der Waals surface area (Å²) in [4.78, 5) is 29.3. The number of hydrogen-bond donors (Lipinski definition) is 1. The highest BCUT2D eigenvalue weighted by molar-refractivity contribution is 5.66. The second-order valence-corrected chi connectivity index (χ2v) is 6.28. The van der Waals surface area contributed by atoms with Gasteiger partial charge in [0.05, 0.1) is 15.9 Å². The topological polar surface area (TPSA) is 150 Å². The molecule has 144 valence electrons. The Bertz CT molecular complexity index is 1000. The predicted molar refractivity (Wildman–Crippen MR) is 98.5 cm³/mol. The minimum Gasteiger partial charge on any atom is -0.368 e. The van der Waals surface area contributed by atoms with Crippen molar-refractivity contribution < 1.29 is 14.4 Å². The van der Waals surface area contributed by atoms with Crippen molar-refractivity contribution in [3.63, 3.8) is 0 Å². The summed E-state index contributed by atoms with van der Waals surface area (Å²) in [6, 6.07) is 6.38. The molecule has 0 bridgehead atoms. The minimum absolute atomic E-state index is 0.0722. The van der Waals surface area contributed by atoms with Gasteiger partial charge in [-0.15, -0.1) is 0 Å². The van der Waals surface area contributed by atoms with Gasteiger partial charge < -0.3 is 9.84 Å². The number of aromatic nitrogens is 3. The van der Waals surface area contributed by atoms with Crippen molar-refractivity contribution in [1.82, 2.24) is 15.1 Å². The first-order valence-electron chi connectivity index (χ1n) is 8.30. The van der Waals surface area contributed by atoms with E-state index in [-0.39, 0.29) is 23.2 Å². The highest BCUT2D eigenvalue weighted by atomic mass is 16.6. The maximum atomic E-state index is 11.4. The van der Waals surface area contributed by atoms with Crippen LogP contribution in [0.1, 0.15) is 25.8 Å². The van der Waals surface area contributed by atoms with E-state index >= 15 is 0 Å². The third-order valence-electron chi connectivity index (χ3n) is 3.99. The van der Waals surface area contributed by atoms with E-state index in [2.05, 4.69) is 20.4 Å². The Labute approximate surface area is 158 Å². The number of nitro groups is 2. The molecule has 0 fully saturated rings. The van der Waals surface area contributed by atoms with E-state index in [4.69, 9.17) is 4.52 Å².